The number of benzene rings is 1. The fourth-order valence-electron chi connectivity index (χ4n) is 3.30. The molecule has 2 aliphatic rings. The number of carbonyl (C=O) groups excluding carboxylic acids is 2. The molecule has 9 heteroatoms. The molecule has 0 aromatic heterocycles. The van der Waals surface area contributed by atoms with Gasteiger partial charge in [-0.15, -0.1) is 0 Å². The predicted molar refractivity (Wildman–Crippen MR) is 112 cm³/mol. The van der Waals surface area contributed by atoms with Gasteiger partial charge in [-0.05, 0) is 12.8 Å². The normalized spacial score (nSPS) is 21.5. The van der Waals surface area contributed by atoms with Crippen molar-refractivity contribution in [3.8, 4) is 11.5 Å². The first-order chi connectivity index (χ1) is 13.5. The molecule has 1 saturated heterocycles. The maximum Gasteiger partial charge on any atom is 0.240 e. The highest BCUT2D eigenvalue weighted by atomic mass is 35.5. The van der Waals surface area contributed by atoms with Gasteiger partial charge in [-0.3, -0.25) is 14.6 Å². The quantitative estimate of drug-likeness (QED) is 0.726. The van der Waals surface area contributed by atoms with E-state index in [0.29, 0.717) is 27.4 Å². The van der Waals surface area contributed by atoms with Crippen molar-refractivity contribution in [2.24, 2.45) is 4.99 Å². The van der Waals surface area contributed by atoms with E-state index in [-0.39, 0.29) is 24.3 Å². The number of amides is 2. The van der Waals surface area contributed by atoms with Crippen LogP contribution < -0.4 is 20.1 Å². The first-order valence-corrected chi connectivity index (χ1v) is 10.5. The van der Waals surface area contributed by atoms with Crippen LogP contribution in [0, 0.1) is 0 Å². The zero-order valence-corrected chi connectivity index (χ0v) is 17.5. The van der Waals surface area contributed by atoms with E-state index in [9.17, 15) is 9.59 Å². The molecular formula is C19H24ClN3O4S. The van der Waals surface area contributed by atoms with Gasteiger partial charge < -0.3 is 20.1 Å². The minimum atomic E-state index is -0.498. The summed E-state index contributed by atoms with van der Waals surface area (Å²) in [7, 11) is 2.98. The second-order valence-electron chi connectivity index (χ2n) is 6.76. The lowest BCUT2D eigenvalue weighted by molar-refractivity contribution is -0.122. The summed E-state index contributed by atoms with van der Waals surface area (Å²) in [5, 5.41) is 6.08. The number of halogens is 1. The fourth-order valence-corrected chi connectivity index (χ4v) is 4.57. The first kappa shape index (κ1) is 20.8. The van der Waals surface area contributed by atoms with Crippen LogP contribution in [-0.4, -0.2) is 42.5 Å². The second-order valence-corrected chi connectivity index (χ2v) is 8.36. The van der Waals surface area contributed by atoms with Crippen molar-refractivity contribution in [3.63, 3.8) is 0 Å². The van der Waals surface area contributed by atoms with Crippen LogP contribution in [0.2, 0.25) is 5.02 Å². The summed E-state index contributed by atoms with van der Waals surface area (Å²) in [6.07, 6.45) is 5.76. The Hall–Kier alpha value is -1.93. The molecule has 2 N–H and O–H groups in total. The standard InChI is InChI=1S/C19H24ClN3O4S/c1-26-14-9-13(15(27-2)8-12(14)20)22-17(24)10-16-18(25)23-19(28-16)21-11-6-4-3-5-7-11/h8-9,11,16H,3-7,10H2,1-2H3,(H,22,24)(H,21,23,25). The molecule has 1 aromatic carbocycles. The lowest BCUT2D eigenvalue weighted by atomic mass is 9.96. The topological polar surface area (TPSA) is 89.0 Å². The van der Waals surface area contributed by atoms with E-state index in [4.69, 9.17) is 21.1 Å². The number of nitrogens with zero attached hydrogens (tertiary/aromatic N) is 1. The third-order valence-electron chi connectivity index (χ3n) is 4.77. The van der Waals surface area contributed by atoms with Crippen LogP contribution in [0.3, 0.4) is 0 Å². The number of anilines is 1. The number of methoxy groups -OCH3 is 2. The van der Waals surface area contributed by atoms with Gasteiger partial charge in [-0.1, -0.05) is 42.6 Å². The van der Waals surface area contributed by atoms with Crippen molar-refractivity contribution in [1.29, 1.82) is 0 Å². The Balaban J connectivity index is 1.62. The van der Waals surface area contributed by atoms with Gasteiger partial charge in [0.25, 0.3) is 0 Å². The number of ether oxygens (including phenoxy) is 2. The van der Waals surface area contributed by atoms with Gasteiger partial charge >= 0.3 is 0 Å². The molecule has 1 aliphatic heterocycles. The van der Waals surface area contributed by atoms with Crippen LogP contribution in [0.5, 0.6) is 11.5 Å². The molecule has 3 rings (SSSR count). The van der Waals surface area contributed by atoms with Gasteiger partial charge in [0.15, 0.2) is 5.17 Å². The van der Waals surface area contributed by atoms with Crippen LogP contribution in [-0.2, 0) is 9.59 Å². The molecule has 0 spiro atoms. The van der Waals surface area contributed by atoms with Crippen LogP contribution in [0.15, 0.2) is 17.1 Å². The monoisotopic (exact) mass is 425 g/mol. The minimum absolute atomic E-state index is 0.0360. The van der Waals surface area contributed by atoms with E-state index in [0.717, 1.165) is 12.8 Å². The molecule has 1 aromatic rings. The number of hydrogen-bond donors (Lipinski definition) is 2. The molecule has 1 heterocycles. The lowest BCUT2D eigenvalue weighted by Crippen LogP contribution is -2.28. The lowest BCUT2D eigenvalue weighted by Gasteiger charge is -2.17. The first-order valence-electron chi connectivity index (χ1n) is 9.27. The Bertz CT molecular complexity index is 781. The summed E-state index contributed by atoms with van der Waals surface area (Å²) in [5.74, 6) is 0.361. The van der Waals surface area contributed by atoms with E-state index >= 15 is 0 Å². The van der Waals surface area contributed by atoms with Crippen LogP contribution in [0.1, 0.15) is 38.5 Å². The van der Waals surface area contributed by atoms with E-state index in [1.807, 2.05) is 0 Å². The SMILES string of the molecule is COc1cc(NC(=O)CC2SC(=NC3CCCCC3)NC2=O)c(OC)cc1Cl. The van der Waals surface area contributed by atoms with Crippen molar-refractivity contribution in [2.75, 3.05) is 19.5 Å². The molecule has 152 valence electrons. The molecular weight excluding hydrogens is 402 g/mol. The van der Waals surface area contributed by atoms with Gasteiger partial charge in [0.1, 0.15) is 16.7 Å². The molecule has 0 radical (unpaired) electrons. The zero-order valence-electron chi connectivity index (χ0n) is 15.9. The van der Waals surface area contributed by atoms with Gasteiger partial charge in [0, 0.05) is 18.6 Å². The third kappa shape index (κ3) is 5.11. The summed E-state index contributed by atoms with van der Waals surface area (Å²) in [5.41, 5.74) is 0.438. The fraction of sp³-hybridized carbons (Fsp3) is 0.526. The molecule has 1 unspecified atom stereocenters. The largest absolute Gasteiger partial charge is 0.495 e. The van der Waals surface area contributed by atoms with E-state index in [2.05, 4.69) is 15.6 Å². The smallest absolute Gasteiger partial charge is 0.240 e. The summed E-state index contributed by atoms with van der Waals surface area (Å²) in [6, 6.07) is 3.44. The highest BCUT2D eigenvalue weighted by Crippen LogP contribution is 2.36. The number of amidine groups is 1. The zero-order chi connectivity index (χ0) is 20.1. The Morgan fingerprint density at radius 2 is 1.96 bits per heavy atom. The number of aliphatic imine (C=N–C) groups is 1. The Morgan fingerprint density at radius 3 is 2.64 bits per heavy atom. The predicted octanol–water partition coefficient (Wildman–Crippen LogP) is 3.61. The maximum atomic E-state index is 12.5. The summed E-state index contributed by atoms with van der Waals surface area (Å²) in [6.45, 7) is 0. The third-order valence-corrected chi connectivity index (χ3v) is 6.16. The van der Waals surface area contributed by atoms with E-state index in [1.165, 1.54) is 45.2 Å². The van der Waals surface area contributed by atoms with Gasteiger partial charge in [-0.2, -0.15) is 0 Å². The average Bonchev–Trinajstić information content (AvgIpc) is 3.02. The highest BCUT2D eigenvalue weighted by molar-refractivity contribution is 8.15. The van der Waals surface area contributed by atoms with Crippen LogP contribution >= 0.6 is 23.4 Å². The van der Waals surface area contributed by atoms with Gasteiger partial charge in [0.2, 0.25) is 11.8 Å². The number of thioether (sulfide) groups is 1. The summed E-state index contributed by atoms with van der Waals surface area (Å²) in [4.78, 5) is 29.4. The van der Waals surface area contributed by atoms with Crippen molar-refractivity contribution in [2.45, 2.75) is 49.8 Å². The summed E-state index contributed by atoms with van der Waals surface area (Å²) < 4.78 is 10.4. The van der Waals surface area contributed by atoms with Crippen molar-refractivity contribution < 1.29 is 19.1 Å². The van der Waals surface area contributed by atoms with Crippen LogP contribution in [0.4, 0.5) is 5.69 Å². The van der Waals surface area contributed by atoms with E-state index in [1.54, 1.807) is 12.1 Å². The van der Waals surface area contributed by atoms with E-state index < -0.39 is 5.25 Å². The van der Waals surface area contributed by atoms with Crippen LogP contribution in [0.25, 0.3) is 0 Å². The van der Waals surface area contributed by atoms with Crippen molar-refractivity contribution in [3.05, 3.63) is 17.2 Å². The van der Waals surface area contributed by atoms with Gasteiger partial charge in [-0.25, -0.2) is 0 Å². The average molecular weight is 426 g/mol. The number of hydrogen-bond acceptors (Lipinski definition) is 6. The molecule has 1 saturated carbocycles. The molecule has 0 bridgehead atoms. The second kappa shape index (κ2) is 9.52. The molecule has 28 heavy (non-hydrogen) atoms. The maximum absolute atomic E-state index is 12.5. The Labute approximate surface area is 173 Å². The molecule has 1 atom stereocenters. The minimum Gasteiger partial charge on any atom is -0.495 e. The number of rotatable bonds is 6. The molecule has 1 aliphatic carbocycles. The molecule has 2 fully saturated rings. The summed E-state index contributed by atoms with van der Waals surface area (Å²) >= 11 is 7.41. The van der Waals surface area contributed by atoms with Crippen molar-refractivity contribution >= 4 is 46.0 Å². The number of nitrogens with one attached hydrogen (secondary N) is 2. The number of carbonyl (C=O) groups is 2. The van der Waals surface area contributed by atoms with Gasteiger partial charge in [0.05, 0.1) is 31.0 Å². The Morgan fingerprint density at radius 1 is 1.25 bits per heavy atom. The Kier molecular flexibility index (Phi) is 7.07. The van der Waals surface area contributed by atoms with Crippen molar-refractivity contribution in [1.82, 2.24) is 5.32 Å². The molecule has 7 nitrogen and oxygen atoms in total. The highest BCUT2D eigenvalue weighted by Gasteiger charge is 2.33. The molecule has 2 amide bonds.